The first-order valence-corrected chi connectivity index (χ1v) is 7.54. The van der Waals surface area contributed by atoms with Crippen molar-refractivity contribution in [2.45, 2.75) is 25.9 Å². The van der Waals surface area contributed by atoms with Crippen LogP contribution in [0.25, 0.3) is 0 Å². The first kappa shape index (κ1) is 15.1. The molecule has 1 amide bonds. The highest BCUT2D eigenvalue weighted by atomic mass is 16.5. The number of nitrogens with zero attached hydrogens (tertiary/aromatic N) is 1. The number of primary amides is 1. The Morgan fingerprint density at radius 1 is 1.17 bits per heavy atom. The maximum atomic E-state index is 11.9. The largest absolute Gasteiger partial charge is 0.488 e. The zero-order valence-corrected chi connectivity index (χ0v) is 12.7. The van der Waals surface area contributed by atoms with Crippen molar-refractivity contribution < 1.29 is 14.7 Å². The third-order valence-corrected chi connectivity index (χ3v) is 4.03. The van der Waals surface area contributed by atoms with Gasteiger partial charge in [0, 0.05) is 5.56 Å². The minimum Gasteiger partial charge on any atom is -0.488 e. The van der Waals surface area contributed by atoms with E-state index in [1.54, 1.807) is 6.07 Å². The third-order valence-electron chi connectivity index (χ3n) is 4.03. The number of carbonyl (C=O) groups excluding carboxylic acids is 1. The van der Waals surface area contributed by atoms with Gasteiger partial charge in [0.2, 0.25) is 0 Å². The Labute approximate surface area is 134 Å². The highest BCUT2D eigenvalue weighted by Crippen LogP contribution is 2.31. The summed E-state index contributed by atoms with van der Waals surface area (Å²) in [5.41, 5.74) is 9.15. The lowest BCUT2D eigenvalue weighted by Gasteiger charge is -2.21. The molecular formula is C18H18N2O3. The summed E-state index contributed by atoms with van der Waals surface area (Å²) >= 11 is 0. The summed E-state index contributed by atoms with van der Waals surface area (Å²) in [5, 5.41) is 12.5. The predicted octanol–water partition coefficient (Wildman–Crippen LogP) is 2.88. The Kier molecular flexibility index (Phi) is 4.28. The number of oxime groups is 1. The fourth-order valence-electron chi connectivity index (χ4n) is 2.95. The number of amides is 1. The van der Waals surface area contributed by atoms with E-state index in [1.807, 2.05) is 36.4 Å². The molecule has 2 aromatic rings. The summed E-state index contributed by atoms with van der Waals surface area (Å²) in [6, 6.07) is 13.3. The predicted molar refractivity (Wildman–Crippen MR) is 87.0 cm³/mol. The summed E-state index contributed by atoms with van der Waals surface area (Å²) < 4.78 is 5.82. The van der Waals surface area contributed by atoms with Gasteiger partial charge in [0.25, 0.3) is 5.91 Å². The maximum Gasteiger partial charge on any atom is 0.252 e. The molecule has 5 heteroatoms. The molecule has 0 saturated carbocycles. The van der Waals surface area contributed by atoms with Crippen molar-refractivity contribution in [1.82, 2.24) is 0 Å². The molecule has 0 spiro atoms. The van der Waals surface area contributed by atoms with E-state index >= 15 is 0 Å². The van der Waals surface area contributed by atoms with Crippen molar-refractivity contribution in [1.29, 1.82) is 0 Å². The first-order valence-electron chi connectivity index (χ1n) is 7.54. The van der Waals surface area contributed by atoms with Crippen molar-refractivity contribution in [2.24, 2.45) is 10.9 Å². The molecule has 0 atom stereocenters. The molecule has 23 heavy (non-hydrogen) atoms. The van der Waals surface area contributed by atoms with Crippen molar-refractivity contribution in [3.05, 3.63) is 64.7 Å². The molecule has 0 radical (unpaired) electrons. The van der Waals surface area contributed by atoms with E-state index < -0.39 is 5.91 Å². The van der Waals surface area contributed by atoms with E-state index in [2.05, 4.69) is 5.16 Å². The van der Waals surface area contributed by atoms with Gasteiger partial charge in [-0.25, -0.2) is 0 Å². The molecule has 1 aliphatic carbocycles. The Hall–Kier alpha value is -2.82. The van der Waals surface area contributed by atoms with E-state index in [9.17, 15) is 4.79 Å². The van der Waals surface area contributed by atoms with Crippen LogP contribution in [0.15, 0.2) is 47.6 Å². The van der Waals surface area contributed by atoms with Gasteiger partial charge >= 0.3 is 0 Å². The SMILES string of the molecule is NC(=O)c1c(OCc2ccccc2)ccc2c1CCC/C2=N/O. The number of ether oxygens (including phenoxy) is 1. The van der Waals surface area contributed by atoms with Crippen LogP contribution in [0.1, 0.15) is 39.9 Å². The van der Waals surface area contributed by atoms with Gasteiger partial charge in [-0.05, 0) is 42.5 Å². The lowest BCUT2D eigenvalue weighted by atomic mass is 9.86. The molecule has 0 bridgehead atoms. The second-order valence-corrected chi connectivity index (χ2v) is 5.50. The monoisotopic (exact) mass is 310 g/mol. The van der Waals surface area contributed by atoms with Gasteiger partial charge in [0.05, 0.1) is 11.3 Å². The van der Waals surface area contributed by atoms with Gasteiger partial charge in [-0.15, -0.1) is 0 Å². The average molecular weight is 310 g/mol. The van der Waals surface area contributed by atoms with Crippen LogP contribution in [0, 0.1) is 0 Å². The third kappa shape index (κ3) is 3.04. The maximum absolute atomic E-state index is 11.9. The number of rotatable bonds is 4. The highest BCUT2D eigenvalue weighted by Gasteiger charge is 2.24. The zero-order chi connectivity index (χ0) is 16.2. The summed E-state index contributed by atoms with van der Waals surface area (Å²) in [4.78, 5) is 11.9. The average Bonchev–Trinajstić information content (AvgIpc) is 2.59. The van der Waals surface area contributed by atoms with E-state index in [1.165, 1.54) is 0 Å². The van der Waals surface area contributed by atoms with Gasteiger partial charge in [0.1, 0.15) is 12.4 Å². The highest BCUT2D eigenvalue weighted by molar-refractivity contribution is 6.07. The van der Waals surface area contributed by atoms with Crippen molar-refractivity contribution in [3.63, 3.8) is 0 Å². The smallest absolute Gasteiger partial charge is 0.252 e. The van der Waals surface area contributed by atoms with Crippen molar-refractivity contribution in [2.75, 3.05) is 0 Å². The van der Waals surface area contributed by atoms with Crippen molar-refractivity contribution in [3.8, 4) is 5.75 Å². The molecule has 3 N–H and O–H groups in total. The molecule has 0 fully saturated rings. The minimum atomic E-state index is -0.524. The van der Waals surface area contributed by atoms with E-state index in [0.29, 0.717) is 30.1 Å². The normalized spacial score (nSPS) is 15.2. The standard InChI is InChI=1S/C18H18N2O3/c19-18(21)17-14-7-4-8-15(20-22)13(14)9-10-16(17)23-11-12-5-2-1-3-6-12/h1-3,5-6,9-10,22H,4,7-8,11H2,(H2,19,21)/b20-15-. The molecule has 0 saturated heterocycles. The number of hydrogen-bond acceptors (Lipinski definition) is 4. The summed E-state index contributed by atoms with van der Waals surface area (Å²) in [6.45, 7) is 0.362. The van der Waals surface area contributed by atoms with Crippen molar-refractivity contribution >= 4 is 11.6 Å². The molecule has 0 unspecified atom stereocenters. The van der Waals surface area contributed by atoms with E-state index in [-0.39, 0.29) is 0 Å². The molecule has 3 rings (SSSR count). The summed E-state index contributed by atoms with van der Waals surface area (Å²) in [6.07, 6.45) is 2.22. The van der Waals surface area contributed by atoms with Gasteiger partial charge in [-0.1, -0.05) is 35.5 Å². The van der Waals surface area contributed by atoms with Crippen LogP contribution in [0.5, 0.6) is 5.75 Å². The number of fused-ring (bicyclic) bond motifs is 1. The number of carbonyl (C=O) groups is 1. The summed E-state index contributed by atoms with van der Waals surface area (Å²) in [5.74, 6) is -0.0524. The van der Waals surface area contributed by atoms with Crippen LogP contribution in [0.2, 0.25) is 0 Å². The molecule has 5 nitrogen and oxygen atoms in total. The van der Waals surface area contributed by atoms with Gasteiger partial charge in [0.15, 0.2) is 0 Å². The molecule has 2 aromatic carbocycles. The quantitative estimate of drug-likeness (QED) is 0.672. The molecule has 118 valence electrons. The fraction of sp³-hybridized carbons (Fsp3) is 0.222. The fourth-order valence-corrected chi connectivity index (χ4v) is 2.95. The lowest BCUT2D eigenvalue weighted by Crippen LogP contribution is -2.21. The van der Waals surface area contributed by atoms with Crippen LogP contribution >= 0.6 is 0 Å². The van der Waals surface area contributed by atoms with E-state index in [0.717, 1.165) is 29.5 Å². The first-order chi connectivity index (χ1) is 11.2. The van der Waals surface area contributed by atoms with E-state index in [4.69, 9.17) is 15.7 Å². The Balaban J connectivity index is 1.96. The second kappa shape index (κ2) is 6.52. The zero-order valence-electron chi connectivity index (χ0n) is 12.7. The van der Waals surface area contributed by atoms with Crippen LogP contribution < -0.4 is 10.5 Å². The molecule has 0 aromatic heterocycles. The van der Waals surface area contributed by atoms with Crippen LogP contribution in [-0.4, -0.2) is 16.8 Å². The van der Waals surface area contributed by atoms with Crippen LogP contribution in [0.4, 0.5) is 0 Å². The Bertz CT molecular complexity index is 754. The van der Waals surface area contributed by atoms with Gasteiger partial charge < -0.3 is 15.7 Å². The molecule has 0 heterocycles. The Morgan fingerprint density at radius 3 is 2.65 bits per heavy atom. The molecular weight excluding hydrogens is 292 g/mol. The lowest BCUT2D eigenvalue weighted by molar-refractivity contribution is 0.0995. The van der Waals surface area contributed by atoms with Crippen LogP contribution in [0.3, 0.4) is 0 Å². The summed E-state index contributed by atoms with van der Waals surface area (Å²) in [7, 11) is 0. The minimum absolute atomic E-state index is 0.362. The second-order valence-electron chi connectivity index (χ2n) is 5.50. The number of benzene rings is 2. The molecule has 1 aliphatic rings. The van der Waals surface area contributed by atoms with Gasteiger partial charge in [-0.3, -0.25) is 4.79 Å². The molecule has 0 aliphatic heterocycles. The number of hydrogen-bond donors (Lipinski definition) is 2. The van der Waals surface area contributed by atoms with Gasteiger partial charge in [-0.2, -0.15) is 0 Å². The topological polar surface area (TPSA) is 84.9 Å². The Morgan fingerprint density at radius 2 is 1.96 bits per heavy atom. The van der Waals surface area contributed by atoms with Crippen LogP contribution in [-0.2, 0) is 13.0 Å². The number of nitrogens with two attached hydrogens (primary N) is 1.